The maximum absolute atomic E-state index is 11.9. The Morgan fingerprint density at radius 3 is 2.86 bits per heavy atom. The van der Waals surface area contributed by atoms with E-state index in [9.17, 15) is 4.79 Å². The number of carbonyl (C=O) groups is 1. The predicted octanol–water partition coefficient (Wildman–Crippen LogP) is 3.63. The van der Waals surface area contributed by atoms with Crippen LogP contribution in [0.25, 0.3) is 10.6 Å². The highest BCUT2D eigenvalue weighted by molar-refractivity contribution is 7.14. The van der Waals surface area contributed by atoms with E-state index >= 15 is 0 Å². The van der Waals surface area contributed by atoms with Gasteiger partial charge in [-0.2, -0.15) is 11.3 Å². The molecule has 0 fully saturated rings. The molecule has 0 radical (unpaired) electrons. The molecule has 0 bridgehead atoms. The van der Waals surface area contributed by atoms with Crippen LogP contribution < -0.4 is 4.74 Å². The Balaban J connectivity index is 1.61. The lowest BCUT2D eigenvalue weighted by Gasteiger charge is -2.03. The first kappa shape index (κ1) is 14.7. The third-order valence-corrected chi connectivity index (χ3v) is 4.48. The second kappa shape index (κ2) is 6.67. The van der Waals surface area contributed by atoms with Crippen molar-refractivity contribution in [3.63, 3.8) is 0 Å². The summed E-state index contributed by atoms with van der Waals surface area (Å²) < 4.78 is 10.2. The highest BCUT2D eigenvalue weighted by Crippen LogP contribution is 2.26. The van der Waals surface area contributed by atoms with Crippen molar-refractivity contribution < 1.29 is 14.3 Å². The van der Waals surface area contributed by atoms with Crippen LogP contribution >= 0.6 is 22.7 Å². The number of thiophene rings is 1. The SMILES string of the molecule is COc1ccc(C(=O)OCc2csc(-c3ccsc3)n2)cn1. The minimum atomic E-state index is -0.430. The van der Waals surface area contributed by atoms with E-state index in [-0.39, 0.29) is 6.61 Å². The fourth-order valence-corrected chi connectivity index (χ4v) is 3.25. The zero-order chi connectivity index (χ0) is 15.4. The normalized spacial score (nSPS) is 10.4. The van der Waals surface area contributed by atoms with Crippen LogP contribution in [0.4, 0.5) is 0 Å². The van der Waals surface area contributed by atoms with Gasteiger partial charge in [0.1, 0.15) is 11.6 Å². The zero-order valence-corrected chi connectivity index (χ0v) is 13.3. The summed E-state index contributed by atoms with van der Waals surface area (Å²) in [6.45, 7) is 0.144. The summed E-state index contributed by atoms with van der Waals surface area (Å²) in [4.78, 5) is 20.4. The molecule has 0 aliphatic carbocycles. The first-order valence-electron chi connectivity index (χ1n) is 6.40. The molecule has 0 N–H and O–H groups in total. The van der Waals surface area contributed by atoms with Crippen molar-refractivity contribution in [3.8, 4) is 16.5 Å². The molecule has 0 aromatic carbocycles. The molecule has 0 aliphatic rings. The molecule has 3 heterocycles. The fraction of sp³-hybridized carbons (Fsp3) is 0.133. The second-order valence-corrected chi connectivity index (χ2v) is 5.96. The van der Waals surface area contributed by atoms with Crippen LogP contribution in [0.15, 0.2) is 40.5 Å². The van der Waals surface area contributed by atoms with Gasteiger partial charge in [0.25, 0.3) is 0 Å². The number of methoxy groups -OCH3 is 1. The number of nitrogens with zero attached hydrogens (tertiary/aromatic N) is 2. The summed E-state index contributed by atoms with van der Waals surface area (Å²) in [5.74, 6) is 0.0247. The Kier molecular flexibility index (Phi) is 4.45. The Labute approximate surface area is 135 Å². The van der Waals surface area contributed by atoms with E-state index < -0.39 is 5.97 Å². The quantitative estimate of drug-likeness (QED) is 0.668. The third kappa shape index (κ3) is 3.32. The van der Waals surface area contributed by atoms with Crippen molar-refractivity contribution in [3.05, 3.63) is 51.8 Å². The van der Waals surface area contributed by atoms with Crippen LogP contribution in [0.3, 0.4) is 0 Å². The minimum absolute atomic E-state index is 0.144. The van der Waals surface area contributed by atoms with E-state index in [2.05, 4.69) is 9.97 Å². The van der Waals surface area contributed by atoms with E-state index in [4.69, 9.17) is 9.47 Å². The van der Waals surface area contributed by atoms with Crippen molar-refractivity contribution in [1.29, 1.82) is 0 Å². The van der Waals surface area contributed by atoms with Gasteiger partial charge in [0.15, 0.2) is 0 Å². The lowest BCUT2D eigenvalue weighted by Crippen LogP contribution is -2.06. The Hall–Kier alpha value is -2.25. The van der Waals surface area contributed by atoms with Crippen LogP contribution in [-0.2, 0) is 11.3 Å². The molecule has 3 aromatic rings. The maximum Gasteiger partial charge on any atom is 0.340 e. The molecule has 0 saturated heterocycles. The number of ether oxygens (including phenoxy) is 2. The van der Waals surface area contributed by atoms with Gasteiger partial charge in [-0.15, -0.1) is 11.3 Å². The highest BCUT2D eigenvalue weighted by Gasteiger charge is 2.10. The summed E-state index contributed by atoms with van der Waals surface area (Å²) in [6.07, 6.45) is 1.43. The number of esters is 1. The summed E-state index contributed by atoms with van der Waals surface area (Å²) in [7, 11) is 1.52. The van der Waals surface area contributed by atoms with Gasteiger partial charge in [-0.1, -0.05) is 0 Å². The lowest BCUT2D eigenvalue weighted by atomic mass is 10.3. The van der Waals surface area contributed by atoms with Crippen molar-refractivity contribution >= 4 is 28.6 Å². The van der Waals surface area contributed by atoms with E-state index in [1.165, 1.54) is 24.6 Å². The number of hydrogen-bond acceptors (Lipinski definition) is 7. The molecular weight excluding hydrogens is 320 g/mol. The molecule has 3 rings (SSSR count). The van der Waals surface area contributed by atoms with Gasteiger partial charge in [0.05, 0.1) is 18.4 Å². The number of rotatable bonds is 5. The Bertz CT molecular complexity index is 751. The van der Waals surface area contributed by atoms with Gasteiger partial charge in [-0.25, -0.2) is 14.8 Å². The van der Waals surface area contributed by atoms with Gasteiger partial charge in [0, 0.05) is 28.6 Å². The van der Waals surface area contributed by atoms with Crippen LogP contribution in [0.2, 0.25) is 0 Å². The standard InChI is InChI=1S/C15H12N2O3S2/c1-19-13-3-2-10(6-16-13)15(18)20-7-12-9-22-14(17-12)11-4-5-21-8-11/h2-6,8-9H,7H2,1H3. The van der Waals surface area contributed by atoms with Crippen molar-refractivity contribution in [2.24, 2.45) is 0 Å². The Morgan fingerprint density at radius 1 is 1.27 bits per heavy atom. The average molecular weight is 332 g/mol. The van der Waals surface area contributed by atoms with Gasteiger partial charge in [-0.05, 0) is 17.5 Å². The van der Waals surface area contributed by atoms with E-state index in [0.717, 1.165) is 16.3 Å². The van der Waals surface area contributed by atoms with E-state index in [0.29, 0.717) is 11.4 Å². The first-order valence-corrected chi connectivity index (χ1v) is 8.22. The number of thiazole rings is 1. The fourth-order valence-electron chi connectivity index (χ4n) is 1.74. The number of carbonyl (C=O) groups excluding carboxylic acids is 1. The number of aromatic nitrogens is 2. The average Bonchev–Trinajstić information content (AvgIpc) is 3.23. The summed E-state index contributed by atoms with van der Waals surface area (Å²) >= 11 is 3.16. The molecule has 5 nitrogen and oxygen atoms in total. The second-order valence-electron chi connectivity index (χ2n) is 4.32. The van der Waals surface area contributed by atoms with Crippen LogP contribution in [0, 0.1) is 0 Å². The largest absolute Gasteiger partial charge is 0.481 e. The van der Waals surface area contributed by atoms with Crippen LogP contribution in [0.1, 0.15) is 16.1 Å². The smallest absolute Gasteiger partial charge is 0.340 e. The number of hydrogen-bond donors (Lipinski definition) is 0. The predicted molar refractivity (Wildman–Crippen MR) is 85.3 cm³/mol. The molecule has 3 aromatic heterocycles. The summed E-state index contributed by atoms with van der Waals surface area (Å²) in [5, 5.41) is 6.87. The van der Waals surface area contributed by atoms with Crippen molar-refractivity contribution in [2.75, 3.05) is 7.11 Å². The lowest BCUT2D eigenvalue weighted by molar-refractivity contribution is 0.0468. The topological polar surface area (TPSA) is 61.3 Å². The third-order valence-electron chi connectivity index (χ3n) is 2.85. The zero-order valence-electron chi connectivity index (χ0n) is 11.7. The molecule has 0 saturated carbocycles. The molecule has 0 amide bonds. The van der Waals surface area contributed by atoms with Gasteiger partial charge in [-0.3, -0.25) is 0 Å². The first-order chi connectivity index (χ1) is 10.8. The molecule has 0 spiro atoms. The van der Waals surface area contributed by atoms with Crippen LogP contribution in [0.5, 0.6) is 5.88 Å². The van der Waals surface area contributed by atoms with Gasteiger partial charge >= 0.3 is 5.97 Å². The number of pyridine rings is 1. The van der Waals surface area contributed by atoms with Crippen molar-refractivity contribution in [1.82, 2.24) is 9.97 Å². The maximum atomic E-state index is 11.9. The summed E-state index contributed by atoms with van der Waals surface area (Å²) in [5.41, 5.74) is 2.21. The van der Waals surface area contributed by atoms with Crippen LogP contribution in [-0.4, -0.2) is 23.0 Å². The highest BCUT2D eigenvalue weighted by atomic mass is 32.1. The molecule has 22 heavy (non-hydrogen) atoms. The minimum Gasteiger partial charge on any atom is -0.481 e. The monoisotopic (exact) mass is 332 g/mol. The van der Waals surface area contributed by atoms with Gasteiger partial charge < -0.3 is 9.47 Å². The van der Waals surface area contributed by atoms with Gasteiger partial charge in [0.2, 0.25) is 5.88 Å². The Morgan fingerprint density at radius 2 is 2.18 bits per heavy atom. The molecular formula is C15H12N2O3S2. The van der Waals surface area contributed by atoms with Crippen molar-refractivity contribution in [2.45, 2.75) is 6.61 Å². The summed E-state index contributed by atoms with van der Waals surface area (Å²) in [6, 6.07) is 5.25. The molecule has 0 atom stereocenters. The molecule has 7 heteroatoms. The van der Waals surface area contributed by atoms with E-state index in [1.54, 1.807) is 23.5 Å². The molecule has 112 valence electrons. The molecule has 0 unspecified atom stereocenters. The van der Waals surface area contributed by atoms with E-state index in [1.807, 2.05) is 22.2 Å². The molecule has 0 aliphatic heterocycles.